The van der Waals surface area contributed by atoms with Crippen molar-refractivity contribution in [1.29, 1.82) is 0 Å². The summed E-state index contributed by atoms with van der Waals surface area (Å²) in [5.41, 5.74) is 1.58. The van der Waals surface area contributed by atoms with Gasteiger partial charge in [-0.1, -0.05) is 72.8 Å². The zero-order valence-electron chi connectivity index (χ0n) is 18.0. The highest BCUT2D eigenvalue weighted by Crippen LogP contribution is 2.36. The molecule has 3 aromatic rings. The maximum atomic E-state index is 13.2. The first-order valence-corrected chi connectivity index (χ1v) is 10.8. The lowest BCUT2D eigenvalue weighted by atomic mass is 10.0. The van der Waals surface area contributed by atoms with Crippen LogP contribution in [-0.2, 0) is 22.2 Å². The first-order chi connectivity index (χ1) is 16.0. The molecule has 0 aliphatic carbocycles. The first kappa shape index (κ1) is 23.4. The number of nitrogens with zero attached hydrogens (tertiary/aromatic N) is 1. The van der Waals surface area contributed by atoms with Crippen LogP contribution in [0.4, 0.5) is 13.2 Å². The predicted octanol–water partition coefficient (Wildman–Crippen LogP) is 5.36. The molecule has 33 heavy (non-hydrogen) atoms. The Balaban J connectivity index is 1.61. The Morgan fingerprint density at radius 2 is 1.67 bits per heavy atom. The van der Waals surface area contributed by atoms with Crippen LogP contribution in [0.3, 0.4) is 0 Å². The third kappa shape index (κ3) is 5.81. The van der Waals surface area contributed by atoms with Gasteiger partial charge < -0.3 is 14.6 Å². The van der Waals surface area contributed by atoms with Crippen molar-refractivity contribution < 1.29 is 27.8 Å². The molecule has 3 atom stereocenters. The molecule has 0 aromatic heterocycles. The Kier molecular flexibility index (Phi) is 7.45. The van der Waals surface area contributed by atoms with Crippen LogP contribution in [0.1, 0.15) is 34.4 Å². The molecule has 0 spiro atoms. The van der Waals surface area contributed by atoms with E-state index in [9.17, 15) is 18.3 Å². The quantitative estimate of drug-likeness (QED) is 0.519. The third-order valence-corrected chi connectivity index (χ3v) is 5.73. The van der Waals surface area contributed by atoms with E-state index in [1.165, 1.54) is 12.1 Å². The number of ether oxygens (including phenoxy) is 2. The first-order valence-electron chi connectivity index (χ1n) is 10.8. The molecule has 1 aliphatic rings. The van der Waals surface area contributed by atoms with Crippen LogP contribution in [0.5, 0.6) is 0 Å². The number of morpholine rings is 1. The van der Waals surface area contributed by atoms with Gasteiger partial charge in [-0.2, -0.15) is 13.2 Å². The van der Waals surface area contributed by atoms with Crippen LogP contribution in [0.15, 0.2) is 84.9 Å². The van der Waals surface area contributed by atoms with Gasteiger partial charge in [-0.25, -0.2) is 0 Å². The standard InChI is InChI=1S/C26H26F3NO3/c27-26(28,29)22-13-7-12-21(16-22)23(18-31)33-25-24(20-10-5-2-6-11-20)30(14-15-32-25)17-19-8-3-1-4-9-19/h1-13,16,23-25,31H,14-15,17-18H2/t23-,24?,25?/m0/s1. The van der Waals surface area contributed by atoms with Crippen molar-refractivity contribution >= 4 is 0 Å². The summed E-state index contributed by atoms with van der Waals surface area (Å²) in [6.45, 7) is 1.27. The molecular weight excluding hydrogens is 431 g/mol. The molecule has 0 radical (unpaired) electrons. The van der Waals surface area contributed by atoms with Gasteiger partial charge >= 0.3 is 6.18 Å². The molecule has 4 nitrogen and oxygen atoms in total. The second kappa shape index (κ2) is 10.5. The van der Waals surface area contributed by atoms with Gasteiger partial charge in [-0.15, -0.1) is 0 Å². The fraction of sp³-hybridized carbons (Fsp3) is 0.308. The maximum Gasteiger partial charge on any atom is 0.416 e. The van der Waals surface area contributed by atoms with Crippen molar-refractivity contribution in [3.8, 4) is 0 Å². The van der Waals surface area contributed by atoms with Crippen LogP contribution >= 0.6 is 0 Å². The van der Waals surface area contributed by atoms with Gasteiger partial charge in [0.05, 0.1) is 24.8 Å². The lowest BCUT2D eigenvalue weighted by molar-refractivity contribution is -0.238. The number of rotatable bonds is 7. The number of aliphatic hydroxyl groups excluding tert-OH is 1. The van der Waals surface area contributed by atoms with Gasteiger partial charge in [0, 0.05) is 13.1 Å². The van der Waals surface area contributed by atoms with E-state index in [1.807, 2.05) is 60.7 Å². The largest absolute Gasteiger partial charge is 0.416 e. The van der Waals surface area contributed by atoms with E-state index in [4.69, 9.17) is 9.47 Å². The molecule has 1 heterocycles. The van der Waals surface area contributed by atoms with Crippen LogP contribution in [0, 0.1) is 0 Å². The highest BCUT2D eigenvalue weighted by Gasteiger charge is 2.37. The molecule has 0 amide bonds. The van der Waals surface area contributed by atoms with Crippen molar-refractivity contribution in [3.05, 3.63) is 107 Å². The number of halogens is 3. The molecule has 1 fully saturated rings. The van der Waals surface area contributed by atoms with Crippen molar-refractivity contribution in [1.82, 2.24) is 4.90 Å². The second-order valence-electron chi connectivity index (χ2n) is 7.98. The molecule has 2 unspecified atom stereocenters. The number of hydrogen-bond acceptors (Lipinski definition) is 4. The fourth-order valence-corrected chi connectivity index (χ4v) is 4.12. The monoisotopic (exact) mass is 457 g/mol. The van der Waals surface area contributed by atoms with E-state index in [1.54, 1.807) is 0 Å². The third-order valence-electron chi connectivity index (χ3n) is 5.73. The molecule has 1 aliphatic heterocycles. The van der Waals surface area contributed by atoms with Gasteiger partial charge in [-0.05, 0) is 28.8 Å². The zero-order valence-corrected chi connectivity index (χ0v) is 18.0. The number of benzene rings is 3. The maximum absolute atomic E-state index is 13.2. The van der Waals surface area contributed by atoms with E-state index in [2.05, 4.69) is 4.90 Å². The summed E-state index contributed by atoms with van der Waals surface area (Å²) in [5.74, 6) is 0. The summed E-state index contributed by atoms with van der Waals surface area (Å²) in [7, 11) is 0. The molecular formula is C26H26F3NO3. The normalized spacial score (nSPS) is 20.5. The second-order valence-corrected chi connectivity index (χ2v) is 7.98. The van der Waals surface area contributed by atoms with Crippen molar-refractivity contribution in [3.63, 3.8) is 0 Å². The van der Waals surface area contributed by atoms with Crippen molar-refractivity contribution in [2.24, 2.45) is 0 Å². The van der Waals surface area contributed by atoms with Crippen molar-refractivity contribution in [2.45, 2.75) is 31.2 Å². The molecule has 1 N–H and O–H groups in total. The van der Waals surface area contributed by atoms with Gasteiger partial charge in [0.25, 0.3) is 0 Å². The highest BCUT2D eigenvalue weighted by molar-refractivity contribution is 5.28. The summed E-state index contributed by atoms with van der Waals surface area (Å²) in [6, 6.07) is 24.3. The van der Waals surface area contributed by atoms with Crippen LogP contribution in [0.25, 0.3) is 0 Å². The predicted molar refractivity (Wildman–Crippen MR) is 118 cm³/mol. The van der Waals surface area contributed by atoms with E-state index >= 15 is 0 Å². The molecule has 0 bridgehead atoms. The fourth-order valence-electron chi connectivity index (χ4n) is 4.12. The summed E-state index contributed by atoms with van der Waals surface area (Å²) >= 11 is 0. The number of alkyl halides is 3. The van der Waals surface area contributed by atoms with Crippen molar-refractivity contribution in [2.75, 3.05) is 19.8 Å². The minimum absolute atomic E-state index is 0.253. The topological polar surface area (TPSA) is 41.9 Å². The molecule has 4 rings (SSSR count). The highest BCUT2D eigenvalue weighted by atomic mass is 19.4. The zero-order chi connectivity index (χ0) is 23.3. The Morgan fingerprint density at radius 1 is 0.970 bits per heavy atom. The Bertz CT molecular complexity index is 1010. The molecule has 174 valence electrons. The summed E-state index contributed by atoms with van der Waals surface area (Å²) < 4.78 is 51.7. The molecule has 1 saturated heterocycles. The lowest BCUT2D eigenvalue weighted by Crippen LogP contribution is -2.46. The van der Waals surface area contributed by atoms with E-state index in [0.717, 1.165) is 23.3 Å². The Hall–Kier alpha value is -2.71. The summed E-state index contributed by atoms with van der Waals surface area (Å²) in [4.78, 5) is 2.24. The SMILES string of the molecule is OC[C@H](OC1OCCN(Cc2ccccc2)C1c1ccccc1)c1cccc(C(F)(F)F)c1. The van der Waals surface area contributed by atoms with Crippen LogP contribution in [0.2, 0.25) is 0 Å². The summed E-state index contributed by atoms with van der Waals surface area (Å²) in [6.07, 6.45) is -6.20. The lowest BCUT2D eigenvalue weighted by Gasteiger charge is -2.42. The smallest absolute Gasteiger partial charge is 0.393 e. The minimum Gasteiger partial charge on any atom is -0.393 e. The van der Waals surface area contributed by atoms with E-state index in [0.29, 0.717) is 19.7 Å². The average molecular weight is 457 g/mol. The number of aliphatic hydroxyl groups is 1. The van der Waals surface area contributed by atoms with Crippen LogP contribution < -0.4 is 0 Å². The average Bonchev–Trinajstić information content (AvgIpc) is 2.83. The minimum atomic E-state index is -4.48. The van der Waals surface area contributed by atoms with E-state index in [-0.39, 0.29) is 11.6 Å². The van der Waals surface area contributed by atoms with Gasteiger partial charge in [-0.3, -0.25) is 4.90 Å². The molecule has 0 saturated carbocycles. The summed E-state index contributed by atoms with van der Waals surface area (Å²) in [5, 5.41) is 9.99. The molecule has 7 heteroatoms. The van der Waals surface area contributed by atoms with E-state index < -0.39 is 30.7 Å². The van der Waals surface area contributed by atoms with Crippen LogP contribution in [-0.4, -0.2) is 36.1 Å². The number of hydrogen-bond donors (Lipinski definition) is 1. The Labute approximate surface area is 191 Å². The van der Waals surface area contributed by atoms with Gasteiger partial charge in [0.15, 0.2) is 6.29 Å². The molecule has 3 aromatic carbocycles. The Morgan fingerprint density at radius 3 is 2.33 bits per heavy atom. The van der Waals surface area contributed by atoms with Gasteiger partial charge in [0.2, 0.25) is 0 Å². The van der Waals surface area contributed by atoms with Gasteiger partial charge in [0.1, 0.15) is 6.10 Å².